The fraction of sp³-hybridized carbons (Fsp3) is 0.207. The summed E-state index contributed by atoms with van der Waals surface area (Å²) in [5.74, 6) is -0.270. The van der Waals surface area contributed by atoms with E-state index in [0.29, 0.717) is 16.7 Å². The summed E-state index contributed by atoms with van der Waals surface area (Å²) in [4.78, 5) is 32.3. The summed E-state index contributed by atoms with van der Waals surface area (Å²) in [5, 5.41) is 3.52. The van der Waals surface area contributed by atoms with E-state index in [1.54, 1.807) is 48.5 Å². The normalized spacial score (nSPS) is 16.1. The first-order chi connectivity index (χ1) is 18.9. The molecule has 3 aromatic carbocycles. The number of nitrogens with zero attached hydrogens (tertiary/aromatic N) is 3. The number of fused-ring (bicyclic) bond motifs is 1. The highest BCUT2D eigenvalue weighted by molar-refractivity contribution is 7.89. The molecule has 0 aliphatic carbocycles. The van der Waals surface area contributed by atoms with Crippen molar-refractivity contribution in [1.82, 2.24) is 19.5 Å². The number of pyridine rings is 1. The second-order valence-electron chi connectivity index (χ2n) is 9.11. The van der Waals surface area contributed by atoms with Gasteiger partial charge in [0, 0.05) is 37.8 Å². The molecule has 1 fully saturated rings. The van der Waals surface area contributed by atoms with E-state index in [0.717, 1.165) is 5.56 Å². The lowest BCUT2D eigenvalue weighted by Crippen LogP contribution is -2.61. The van der Waals surface area contributed by atoms with Crippen molar-refractivity contribution in [2.45, 2.75) is 17.5 Å². The highest BCUT2D eigenvalue weighted by atomic mass is 32.2. The Kier molecular flexibility index (Phi) is 7.85. The molecule has 4 aromatic rings. The van der Waals surface area contributed by atoms with Gasteiger partial charge in [-0.05, 0) is 29.8 Å². The molecule has 39 heavy (non-hydrogen) atoms. The van der Waals surface area contributed by atoms with Crippen LogP contribution in [0.3, 0.4) is 0 Å². The number of nitrogens with one attached hydrogen (secondary N) is 1. The number of piperazine rings is 1. The number of sulfonamides is 1. The second-order valence-corrected chi connectivity index (χ2v) is 11.0. The second kappa shape index (κ2) is 11.6. The Morgan fingerprint density at radius 2 is 1.62 bits per heavy atom. The van der Waals surface area contributed by atoms with Gasteiger partial charge in [0.15, 0.2) is 6.61 Å². The number of para-hydroxylation sites is 2. The third-order valence-corrected chi connectivity index (χ3v) is 8.52. The van der Waals surface area contributed by atoms with Crippen LogP contribution in [0.2, 0.25) is 0 Å². The fourth-order valence-corrected chi connectivity index (χ4v) is 6.30. The number of hydrogen-bond acceptors (Lipinski definition) is 6. The third kappa shape index (κ3) is 5.92. The van der Waals surface area contributed by atoms with Gasteiger partial charge in [-0.15, -0.1) is 0 Å². The lowest BCUT2D eigenvalue weighted by Gasteiger charge is -2.39. The van der Waals surface area contributed by atoms with E-state index in [-0.39, 0.29) is 43.6 Å². The van der Waals surface area contributed by atoms with Crippen molar-refractivity contribution in [3.63, 3.8) is 0 Å². The predicted molar refractivity (Wildman–Crippen MR) is 146 cm³/mol. The average Bonchev–Trinajstić information content (AvgIpc) is 2.99. The molecule has 1 unspecified atom stereocenters. The molecule has 1 aliphatic rings. The van der Waals surface area contributed by atoms with Crippen LogP contribution < -0.4 is 10.1 Å². The van der Waals surface area contributed by atoms with Crippen molar-refractivity contribution in [3.05, 3.63) is 103 Å². The summed E-state index contributed by atoms with van der Waals surface area (Å²) >= 11 is 0. The number of benzene rings is 3. The van der Waals surface area contributed by atoms with Gasteiger partial charge >= 0.3 is 0 Å². The number of rotatable bonds is 8. The minimum atomic E-state index is -4.13. The molecule has 10 heteroatoms. The number of carbonyl (C=O) groups is 2. The highest BCUT2D eigenvalue weighted by Crippen LogP contribution is 2.27. The Hall–Kier alpha value is -4.28. The third-order valence-electron chi connectivity index (χ3n) is 6.58. The first kappa shape index (κ1) is 26.3. The Morgan fingerprint density at radius 1 is 0.897 bits per heavy atom. The smallest absolute Gasteiger partial charge is 0.260 e. The molecule has 0 saturated carbocycles. The van der Waals surface area contributed by atoms with Gasteiger partial charge in [0.25, 0.3) is 5.91 Å². The van der Waals surface area contributed by atoms with Crippen LogP contribution in [0.1, 0.15) is 5.56 Å². The quantitative estimate of drug-likeness (QED) is 0.366. The van der Waals surface area contributed by atoms with Gasteiger partial charge in [-0.3, -0.25) is 14.6 Å². The van der Waals surface area contributed by atoms with Crippen LogP contribution in [0.25, 0.3) is 10.9 Å². The van der Waals surface area contributed by atoms with Crippen LogP contribution in [0.5, 0.6) is 5.75 Å². The largest absolute Gasteiger partial charge is 0.484 e. The molecule has 9 nitrogen and oxygen atoms in total. The van der Waals surface area contributed by atoms with Gasteiger partial charge < -0.3 is 15.0 Å². The molecule has 5 rings (SSSR count). The predicted octanol–water partition coefficient (Wildman–Crippen LogP) is 2.83. The SMILES string of the molecule is O=C(NCc1ccccc1)C1CN(C(=O)COc2ccccc2)CCN1S(=O)(=O)c1cccc2cccnc12. The van der Waals surface area contributed by atoms with Crippen LogP contribution >= 0.6 is 0 Å². The topological polar surface area (TPSA) is 109 Å². The zero-order chi connectivity index (χ0) is 27.2. The van der Waals surface area contributed by atoms with Crippen molar-refractivity contribution in [3.8, 4) is 5.75 Å². The summed E-state index contributed by atoms with van der Waals surface area (Å²) in [6, 6.07) is 25.6. The first-order valence-electron chi connectivity index (χ1n) is 12.6. The fourth-order valence-electron chi connectivity index (χ4n) is 4.56. The van der Waals surface area contributed by atoms with E-state index >= 15 is 0 Å². The van der Waals surface area contributed by atoms with Crippen LogP contribution in [0.15, 0.2) is 102 Å². The highest BCUT2D eigenvalue weighted by Gasteiger charge is 2.42. The Balaban J connectivity index is 1.39. The maximum Gasteiger partial charge on any atom is 0.260 e. The molecule has 2 amide bonds. The monoisotopic (exact) mass is 544 g/mol. The molecule has 1 aromatic heterocycles. The van der Waals surface area contributed by atoms with Gasteiger partial charge in [-0.25, -0.2) is 8.42 Å². The molecular weight excluding hydrogens is 516 g/mol. The number of ether oxygens (including phenoxy) is 1. The standard InChI is InChI=1S/C29H28N4O5S/c34-27(21-38-24-13-5-2-6-14-24)32-17-18-33(25(20-32)29(35)31-19-22-9-3-1-4-10-22)39(36,37)26-15-7-11-23-12-8-16-30-28(23)26/h1-16,25H,17-21H2,(H,31,35). The summed E-state index contributed by atoms with van der Waals surface area (Å²) in [7, 11) is -4.13. The molecule has 200 valence electrons. The van der Waals surface area contributed by atoms with E-state index in [1.165, 1.54) is 21.5 Å². The molecule has 1 aliphatic heterocycles. The lowest BCUT2D eigenvalue weighted by atomic mass is 10.1. The zero-order valence-electron chi connectivity index (χ0n) is 21.1. The Labute approximate surface area is 227 Å². The summed E-state index contributed by atoms with van der Waals surface area (Å²) in [5.41, 5.74) is 1.21. The van der Waals surface area contributed by atoms with Gasteiger partial charge in [-0.2, -0.15) is 4.31 Å². The van der Waals surface area contributed by atoms with Crippen molar-refractivity contribution in [2.75, 3.05) is 26.2 Å². The van der Waals surface area contributed by atoms with Crippen LogP contribution in [-0.2, 0) is 26.2 Å². The first-order valence-corrected chi connectivity index (χ1v) is 14.0. The van der Waals surface area contributed by atoms with E-state index in [9.17, 15) is 18.0 Å². The maximum absolute atomic E-state index is 14.0. The number of hydrogen-bond donors (Lipinski definition) is 1. The van der Waals surface area contributed by atoms with E-state index in [1.807, 2.05) is 36.4 Å². The Morgan fingerprint density at radius 3 is 2.38 bits per heavy atom. The van der Waals surface area contributed by atoms with Crippen LogP contribution in [0.4, 0.5) is 0 Å². The van der Waals surface area contributed by atoms with Gasteiger partial charge in [-0.1, -0.05) is 66.7 Å². The van der Waals surface area contributed by atoms with E-state index in [2.05, 4.69) is 10.3 Å². The number of aromatic nitrogens is 1. The molecule has 1 atom stereocenters. The molecule has 0 radical (unpaired) electrons. The lowest BCUT2D eigenvalue weighted by molar-refractivity contribution is -0.138. The Bertz CT molecular complexity index is 1560. The molecule has 1 saturated heterocycles. The van der Waals surface area contributed by atoms with Crippen LogP contribution in [-0.4, -0.2) is 66.7 Å². The van der Waals surface area contributed by atoms with Gasteiger partial charge in [0.05, 0.1) is 5.52 Å². The van der Waals surface area contributed by atoms with Crippen molar-refractivity contribution < 1.29 is 22.7 Å². The molecule has 2 heterocycles. The molecule has 0 bridgehead atoms. The number of carbonyl (C=O) groups excluding carboxylic acids is 2. The summed E-state index contributed by atoms with van der Waals surface area (Å²) < 4.78 is 34.7. The van der Waals surface area contributed by atoms with Crippen molar-refractivity contribution in [2.24, 2.45) is 0 Å². The molecule has 1 N–H and O–H groups in total. The van der Waals surface area contributed by atoms with Crippen molar-refractivity contribution in [1.29, 1.82) is 0 Å². The van der Waals surface area contributed by atoms with Gasteiger partial charge in [0.2, 0.25) is 15.9 Å². The average molecular weight is 545 g/mol. The summed E-state index contributed by atoms with van der Waals surface area (Å²) in [6.45, 7) is -0.0226. The molecule has 0 spiro atoms. The number of amides is 2. The minimum Gasteiger partial charge on any atom is -0.484 e. The van der Waals surface area contributed by atoms with Crippen LogP contribution in [0, 0.1) is 0 Å². The van der Waals surface area contributed by atoms with E-state index < -0.39 is 22.0 Å². The minimum absolute atomic E-state index is 0.0219. The molecular formula is C29H28N4O5S. The summed E-state index contributed by atoms with van der Waals surface area (Å²) in [6.07, 6.45) is 1.54. The van der Waals surface area contributed by atoms with E-state index in [4.69, 9.17) is 4.74 Å². The van der Waals surface area contributed by atoms with Crippen molar-refractivity contribution >= 4 is 32.7 Å². The maximum atomic E-state index is 14.0. The van der Waals surface area contributed by atoms with Gasteiger partial charge in [0.1, 0.15) is 16.7 Å². The zero-order valence-corrected chi connectivity index (χ0v) is 22.0.